The molecule has 0 aromatic heterocycles. The first-order valence-electron chi connectivity index (χ1n) is 8.15. The Bertz CT molecular complexity index is 240. The Kier molecular flexibility index (Phi) is 6.11. The predicted molar refractivity (Wildman–Crippen MR) is 80.5 cm³/mol. The molecule has 2 aliphatic rings. The third kappa shape index (κ3) is 4.73. The van der Waals surface area contributed by atoms with Crippen LogP contribution in [0.5, 0.6) is 0 Å². The summed E-state index contributed by atoms with van der Waals surface area (Å²) in [6.45, 7) is 5.66. The number of nitrogens with zero attached hydrogens (tertiary/aromatic N) is 1. The van der Waals surface area contributed by atoms with Crippen molar-refractivity contribution in [2.24, 2.45) is 11.3 Å². The van der Waals surface area contributed by atoms with Crippen LogP contribution in [0.4, 0.5) is 0 Å². The van der Waals surface area contributed by atoms with Crippen LogP contribution in [-0.2, 0) is 4.74 Å². The van der Waals surface area contributed by atoms with Gasteiger partial charge in [0, 0.05) is 32.8 Å². The van der Waals surface area contributed by atoms with Crippen molar-refractivity contribution in [3.8, 4) is 0 Å². The van der Waals surface area contributed by atoms with Crippen LogP contribution in [0.25, 0.3) is 0 Å². The zero-order valence-electron chi connectivity index (χ0n) is 12.9. The van der Waals surface area contributed by atoms with Crippen LogP contribution < -0.4 is 5.32 Å². The highest BCUT2D eigenvalue weighted by atomic mass is 16.5. The lowest BCUT2D eigenvalue weighted by Crippen LogP contribution is -2.45. The zero-order valence-corrected chi connectivity index (χ0v) is 12.9. The molecular formula is C16H32N2O. The molecule has 0 aromatic rings. The fourth-order valence-corrected chi connectivity index (χ4v) is 4.07. The monoisotopic (exact) mass is 268 g/mol. The molecule has 1 saturated heterocycles. The fourth-order valence-electron chi connectivity index (χ4n) is 4.07. The van der Waals surface area contributed by atoms with E-state index in [1.807, 2.05) is 0 Å². The van der Waals surface area contributed by atoms with Crippen LogP contribution in [0.3, 0.4) is 0 Å². The van der Waals surface area contributed by atoms with Gasteiger partial charge in [0.05, 0.1) is 0 Å². The SMILES string of the molecule is CNCC1(CN(C)CC2CCOCC2)CCCCC1. The lowest BCUT2D eigenvalue weighted by Gasteiger charge is -2.41. The molecule has 3 heteroatoms. The lowest BCUT2D eigenvalue weighted by atomic mass is 9.73. The van der Waals surface area contributed by atoms with E-state index in [2.05, 4.69) is 24.3 Å². The summed E-state index contributed by atoms with van der Waals surface area (Å²) in [6.07, 6.45) is 9.61. The quantitative estimate of drug-likeness (QED) is 0.801. The molecule has 2 rings (SSSR count). The van der Waals surface area contributed by atoms with E-state index in [-0.39, 0.29) is 0 Å². The molecule has 19 heavy (non-hydrogen) atoms. The maximum atomic E-state index is 5.46. The summed E-state index contributed by atoms with van der Waals surface area (Å²) in [6, 6.07) is 0. The minimum atomic E-state index is 0.535. The molecule has 3 nitrogen and oxygen atoms in total. The van der Waals surface area contributed by atoms with E-state index in [0.29, 0.717) is 5.41 Å². The van der Waals surface area contributed by atoms with E-state index >= 15 is 0 Å². The molecule has 0 atom stereocenters. The van der Waals surface area contributed by atoms with Crippen LogP contribution in [-0.4, -0.2) is 51.8 Å². The molecule has 0 aromatic carbocycles. The van der Waals surface area contributed by atoms with Crippen LogP contribution in [0.15, 0.2) is 0 Å². The second kappa shape index (κ2) is 7.61. The van der Waals surface area contributed by atoms with Crippen molar-refractivity contribution in [1.29, 1.82) is 0 Å². The van der Waals surface area contributed by atoms with Gasteiger partial charge in [-0.15, -0.1) is 0 Å². The maximum absolute atomic E-state index is 5.46. The third-order valence-electron chi connectivity index (χ3n) is 4.98. The lowest BCUT2D eigenvalue weighted by molar-refractivity contribution is 0.0449. The van der Waals surface area contributed by atoms with Gasteiger partial charge in [-0.25, -0.2) is 0 Å². The van der Waals surface area contributed by atoms with Gasteiger partial charge in [-0.05, 0) is 51.1 Å². The molecule has 0 unspecified atom stereocenters. The van der Waals surface area contributed by atoms with Gasteiger partial charge < -0.3 is 15.0 Å². The van der Waals surface area contributed by atoms with Crippen LogP contribution in [0, 0.1) is 11.3 Å². The summed E-state index contributed by atoms with van der Waals surface area (Å²) >= 11 is 0. The van der Waals surface area contributed by atoms with E-state index in [0.717, 1.165) is 19.1 Å². The number of rotatable bonds is 6. The third-order valence-corrected chi connectivity index (χ3v) is 4.98. The number of hydrogen-bond acceptors (Lipinski definition) is 3. The number of hydrogen-bond donors (Lipinski definition) is 1. The van der Waals surface area contributed by atoms with E-state index in [1.165, 1.54) is 64.6 Å². The molecule has 1 aliphatic heterocycles. The molecule has 2 fully saturated rings. The summed E-state index contributed by atoms with van der Waals surface area (Å²) < 4.78 is 5.46. The summed E-state index contributed by atoms with van der Waals surface area (Å²) in [5, 5.41) is 3.44. The molecule has 1 heterocycles. The molecule has 0 radical (unpaired) electrons. The first-order valence-corrected chi connectivity index (χ1v) is 8.15. The summed E-state index contributed by atoms with van der Waals surface area (Å²) in [7, 11) is 4.43. The Labute approximate surface area is 119 Å². The smallest absolute Gasteiger partial charge is 0.0469 e. The zero-order chi connectivity index (χ0) is 13.6. The summed E-state index contributed by atoms with van der Waals surface area (Å²) in [5.74, 6) is 0.856. The Balaban J connectivity index is 1.81. The Hall–Kier alpha value is -0.120. The first-order chi connectivity index (χ1) is 9.24. The second-order valence-corrected chi connectivity index (χ2v) is 6.84. The van der Waals surface area contributed by atoms with Crippen molar-refractivity contribution in [1.82, 2.24) is 10.2 Å². The van der Waals surface area contributed by atoms with Crippen LogP contribution in [0.1, 0.15) is 44.9 Å². The predicted octanol–water partition coefficient (Wildman–Crippen LogP) is 2.51. The topological polar surface area (TPSA) is 24.5 Å². The second-order valence-electron chi connectivity index (χ2n) is 6.84. The van der Waals surface area contributed by atoms with Gasteiger partial charge >= 0.3 is 0 Å². The average Bonchev–Trinajstić information content (AvgIpc) is 2.40. The number of ether oxygens (including phenoxy) is 1. The van der Waals surface area contributed by atoms with Gasteiger partial charge in [0.25, 0.3) is 0 Å². The minimum absolute atomic E-state index is 0.535. The normalized spacial score (nSPS) is 24.8. The van der Waals surface area contributed by atoms with Gasteiger partial charge in [-0.3, -0.25) is 0 Å². The van der Waals surface area contributed by atoms with Crippen LogP contribution in [0.2, 0.25) is 0 Å². The Morgan fingerprint density at radius 1 is 1.16 bits per heavy atom. The first kappa shape index (κ1) is 15.3. The van der Waals surface area contributed by atoms with Crippen molar-refractivity contribution in [3.63, 3.8) is 0 Å². The minimum Gasteiger partial charge on any atom is -0.381 e. The molecule has 0 spiro atoms. The van der Waals surface area contributed by atoms with E-state index in [4.69, 9.17) is 4.74 Å². The Morgan fingerprint density at radius 2 is 1.84 bits per heavy atom. The standard InChI is InChI=1S/C16H32N2O/c1-17-13-16(8-4-3-5-9-16)14-18(2)12-15-6-10-19-11-7-15/h15,17H,3-14H2,1-2H3. The summed E-state index contributed by atoms with van der Waals surface area (Å²) in [4.78, 5) is 2.60. The van der Waals surface area contributed by atoms with Gasteiger partial charge in [0.2, 0.25) is 0 Å². The highest BCUT2D eigenvalue weighted by molar-refractivity contribution is 4.87. The average molecular weight is 268 g/mol. The van der Waals surface area contributed by atoms with Crippen molar-refractivity contribution >= 4 is 0 Å². The van der Waals surface area contributed by atoms with Gasteiger partial charge in [-0.1, -0.05) is 19.3 Å². The van der Waals surface area contributed by atoms with Gasteiger partial charge in [-0.2, -0.15) is 0 Å². The molecular weight excluding hydrogens is 236 g/mol. The molecule has 1 saturated carbocycles. The highest BCUT2D eigenvalue weighted by Gasteiger charge is 2.32. The summed E-state index contributed by atoms with van der Waals surface area (Å²) in [5.41, 5.74) is 0.535. The van der Waals surface area contributed by atoms with Crippen molar-refractivity contribution in [2.75, 3.05) is 46.9 Å². The molecule has 1 aliphatic carbocycles. The number of nitrogens with one attached hydrogen (secondary N) is 1. The van der Waals surface area contributed by atoms with Crippen molar-refractivity contribution < 1.29 is 4.74 Å². The van der Waals surface area contributed by atoms with E-state index in [9.17, 15) is 0 Å². The molecule has 112 valence electrons. The van der Waals surface area contributed by atoms with Gasteiger partial charge in [0.15, 0.2) is 0 Å². The Morgan fingerprint density at radius 3 is 2.47 bits per heavy atom. The maximum Gasteiger partial charge on any atom is 0.0469 e. The highest BCUT2D eigenvalue weighted by Crippen LogP contribution is 2.36. The molecule has 0 amide bonds. The van der Waals surface area contributed by atoms with E-state index in [1.54, 1.807) is 0 Å². The van der Waals surface area contributed by atoms with Gasteiger partial charge in [0.1, 0.15) is 0 Å². The van der Waals surface area contributed by atoms with E-state index < -0.39 is 0 Å². The molecule has 1 N–H and O–H groups in total. The largest absolute Gasteiger partial charge is 0.381 e. The fraction of sp³-hybridized carbons (Fsp3) is 1.00. The van der Waals surface area contributed by atoms with Crippen LogP contribution >= 0.6 is 0 Å². The van der Waals surface area contributed by atoms with Crippen molar-refractivity contribution in [2.45, 2.75) is 44.9 Å². The van der Waals surface area contributed by atoms with Crippen molar-refractivity contribution in [3.05, 3.63) is 0 Å². The molecule has 0 bridgehead atoms.